The van der Waals surface area contributed by atoms with Crippen molar-refractivity contribution in [1.82, 2.24) is 5.32 Å². The van der Waals surface area contributed by atoms with Gasteiger partial charge in [-0.05, 0) is 39.0 Å². The molecule has 0 fully saturated rings. The maximum atomic E-state index is 11.3. The number of carbonyl (C=O) groups excluding carboxylic acids is 1. The van der Waals surface area contributed by atoms with Gasteiger partial charge in [0, 0.05) is 16.3 Å². The van der Waals surface area contributed by atoms with E-state index in [9.17, 15) is 4.79 Å². The van der Waals surface area contributed by atoms with Crippen LogP contribution in [0.3, 0.4) is 0 Å². The van der Waals surface area contributed by atoms with Gasteiger partial charge in [0.2, 0.25) is 0 Å². The number of amides is 1. The molecule has 0 aromatic carbocycles. The van der Waals surface area contributed by atoms with Crippen LogP contribution in [-0.4, -0.2) is 23.3 Å². The first-order chi connectivity index (χ1) is 8.40. The van der Waals surface area contributed by atoms with Gasteiger partial charge in [-0.15, -0.1) is 11.3 Å². The van der Waals surface area contributed by atoms with Crippen LogP contribution in [0, 0.1) is 0 Å². The molecule has 0 aliphatic heterocycles. The number of carbonyl (C=O) groups is 1. The molecule has 0 aliphatic rings. The van der Waals surface area contributed by atoms with E-state index in [1.807, 2.05) is 45.1 Å². The molecular formula is C13H19NO3S. The molecule has 0 bridgehead atoms. The molecule has 1 aromatic rings. The van der Waals surface area contributed by atoms with Gasteiger partial charge in [-0.2, -0.15) is 0 Å². The molecule has 0 unspecified atom stereocenters. The molecule has 0 atom stereocenters. The Labute approximate surface area is 111 Å². The fourth-order valence-electron chi connectivity index (χ4n) is 1.20. The van der Waals surface area contributed by atoms with E-state index in [4.69, 9.17) is 9.84 Å². The SMILES string of the molecule is CC(C)(C)OC(=O)NCC=Cc1ccc(CO)s1. The minimum absolute atomic E-state index is 0.0642. The molecule has 0 radical (unpaired) electrons. The van der Waals surface area contributed by atoms with Crippen molar-refractivity contribution in [3.05, 3.63) is 28.0 Å². The molecule has 1 heterocycles. The Morgan fingerprint density at radius 2 is 2.22 bits per heavy atom. The zero-order valence-electron chi connectivity index (χ0n) is 10.9. The lowest BCUT2D eigenvalue weighted by molar-refractivity contribution is 0.0534. The minimum atomic E-state index is -0.475. The third kappa shape index (κ3) is 5.84. The third-order valence-electron chi connectivity index (χ3n) is 1.88. The standard InChI is InChI=1S/C13H19NO3S/c1-13(2,3)17-12(16)14-8-4-5-10-6-7-11(9-15)18-10/h4-7,15H,8-9H2,1-3H3,(H,14,16). The zero-order chi connectivity index (χ0) is 13.6. The molecule has 0 saturated heterocycles. The van der Waals surface area contributed by atoms with E-state index in [2.05, 4.69) is 5.32 Å². The van der Waals surface area contributed by atoms with E-state index in [0.717, 1.165) is 9.75 Å². The van der Waals surface area contributed by atoms with Crippen LogP contribution in [-0.2, 0) is 11.3 Å². The Morgan fingerprint density at radius 3 is 2.78 bits per heavy atom. The Bertz CT molecular complexity index is 418. The Balaban J connectivity index is 2.31. The van der Waals surface area contributed by atoms with Crippen molar-refractivity contribution in [2.75, 3.05) is 6.54 Å². The summed E-state index contributed by atoms with van der Waals surface area (Å²) in [7, 11) is 0. The van der Waals surface area contributed by atoms with Crippen LogP contribution in [0.4, 0.5) is 4.79 Å². The number of hydrogen-bond acceptors (Lipinski definition) is 4. The van der Waals surface area contributed by atoms with Gasteiger partial charge in [-0.25, -0.2) is 4.79 Å². The fraction of sp³-hybridized carbons (Fsp3) is 0.462. The van der Waals surface area contributed by atoms with Gasteiger partial charge in [0.1, 0.15) is 5.60 Å². The molecule has 0 aliphatic carbocycles. The molecule has 1 amide bonds. The summed E-state index contributed by atoms with van der Waals surface area (Å²) in [6.07, 6.45) is 3.33. The highest BCUT2D eigenvalue weighted by Crippen LogP contribution is 2.17. The first kappa shape index (κ1) is 14.7. The van der Waals surface area contributed by atoms with Gasteiger partial charge in [-0.1, -0.05) is 6.08 Å². The average molecular weight is 269 g/mol. The number of hydrogen-bond donors (Lipinski definition) is 2. The molecule has 1 rings (SSSR count). The Morgan fingerprint density at radius 1 is 1.50 bits per heavy atom. The van der Waals surface area contributed by atoms with E-state index in [-0.39, 0.29) is 6.61 Å². The summed E-state index contributed by atoms with van der Waals surface area (Å²) in [5.74, 6) is 0. The van der Waals surface area contributed by atoms with E-state index in [1.165, 1.54) is 11.3 Å². The first-order valence-electron chi connectivity index (χ1n) is 5.73. The smallest absolute Gasteiger partial charge is 0.407 e. The summed E-state index contributed by atoms with van der Waals surface area (Å²) in [6, 6.07) is 3.81. The minimum Gasteiger partial charge on any atom is -0.444 e. The van der Waals surface area contributed by atoms with Gasteiger partial charge in [0.05, 0.1) is 6.61 Å². The van der Waals surface area contributed by atoms with Crippen molar-refractivity contribution >= 4 is 23.5 Å². The quantitative estimate of drug-likeness (QED) is 0.883. The summed E-state index contributed by atoms with van der Waals surface area (Å²) in [5.41, 5.74) is -0.475. The van der Waals surface area contributed by atoms with Gasteiger partial charge < -0.3 is 15.2 Å². The molecule has 0 saturated carbocycles. The van der Waals surface area contributed by atoms with Crippen LogP contribution in [0.2, 0.25) is 0 Å². The second-order valence-corrected chi connectivity index (χ2v) is 5.95. The van der Waals surface area contributed by atoms with E-state index < -0.39 is 11.7 Å². The van der Waals surface area contributed by atoms with Crippen molar-refractivity contribution in [2.24, 2.45) is 0 Å². The maximum absolute atomic E-state index is 11.3. The van der Waals surface area contributed by atoms with Crippen LogP contribution >= 0.6 is 11.3 Å². The lowest BCUT2D eigenvalue weighted by Crippen LogP contribution is -2.32. The van der Waals surface area contributed by atoms with Crippen LogP contribution in [0.15, 0.2) is 18.2 Å². The molecular weight excluding hydrogens is 250 g/mol. The van der Waals surface area contributed by atoms with Gasteiger partial charge >= 0.3 is 6.09 Å². The number of ether oxygens (including phenoxy) is 1. The highest BCUT2D eigenvalue weighted by Gasteiger charge is 2.14. The van der Waals surface area contributed by atoms with E-state index in [1.54, 1.807) is 0 Å². The second kappa shape index (κ2) is 6.56. The summed E-state index contributed by atoms with van der Waals surface area (Å²) in [6.45, 7) is 5.95. The summed E-state index contributed by atoms with van der Waals surface area (Å²) >= 11 is 1.52. The van der Waals surface area contributed by atoms with Crippen LogP contribution in [0.5, 0.6) is 0 Å². The predicted octanol–water partition coefficient (Wildman–Crippen LogP) is 2.78. The molecule has 1 aromatic heterocycles. The van der Waals surface area contributed by atoms with Crippen molar-refractivity contribution < 1.29 is 14.6 Å². The molecule has 18 heavy (non-hydrogen) atoms. The Kier molecular flexibility index (Phi) is 5.37. The lowest BCUT2D eigenvalue weighted by atomic mass is 10.2. The topological polar surface area (TPSA) is 58.6 Å². The van der Waals surface area contributed by atoms with E-state index in [0.29, 0.717) is 6.54 Å². The fourth-order valence-corrected chi connectivity index (χ4v) is 2.00. The molecule has 100 valence electrons. The van der Waals surface area contributed by atoms with Crippen LogP contribution in [0.25, 0.3) is 6.08 Å². The summed E-state index contributed by atoms with van der Waals surface area (Å²) < 4.78 is 5.10. The van der Waals surface area contributed by atoms with Gasteiger partial charge in [0.15, 0.2) is 0 Å². The van der Waals surface area contributed by atoms with Crippen molar-refractivity contribution in [2.45, 2.75) is 33.0 Å². The van der Waals surface area contributed by atoms with Gasteiger partial charge in [0.25, 0.3) is 0 Å². The summed E-state index contributed by atoms with van der Waals surface area (Å²) in [5, 5.41) is 11.6. The number of aliphatic hydroxyl groups is 1. The molecule has 5 heteroatoms. The van der Waals surface area contributed by atoms with E-state index >= 15 is 0 Å². The van der Waals surface area contributed by atoms with Crippen LogP contribution in [0.1, 0.15) is 30.5 Å². The second-order valence-electron chi connectivity index (χ2n) is 4.75. The summed E-state index contributed by atoms with van der Waals surface area (Å²) in [4.78, 5) is 13.3. The van der Waals surface area contributed by atoms with Crippen molar-refractivity contribution in [1.29, 1.82) is 0 Å². The number of alkyl carbamates (subject to hydrolysis) is 1. The molecule has 0 spiro atoms. The number of rotatable bonds is 4. The monoisotopic (exact) mass is 269 g/mol. The highest BCUT2D eigenvalue weighted by atomic mass is 32.1. The zero-order valence-corrected chi connectivity index (χ0v) is 11.7. The normalized spacial score (nSPS) is 11.8. The largest absolute Gasteiger partial charge is 0.444 e. The van der Waals surface area contributed by atoms with Crippen molar-refractivity contribution in [3.8, 4) is 0 Å². The Hall–Kier alpha value is -1.33. The first-order valence-corrected chi connectivity index (χ1v) is 6.55. The molecule has 4 nitrogen and oxygen atoms in total. The van der Waals surface area contributed by atoms with Crippen LogP contribution < -0.4 is 5.32 Å². The van der Waals surface area contributed by atoms with Crippen molar-refractivity contribution in [3.63, 3.8) is 0 Å². The highest BCUT2D eigenvalue weighted by molar-refractivity contribution is 7.12. The number of aliphatic hydroxyl groups excluding tert-OH is 1. The number of nitrogens with one attached hydrogen (secondary N) is 1. The maximum Gasteiger partial charge on any atom is 0.407 e. The number of thiophene rings is 1. The third-order valence-corrected chi connectivity index (χ3v) is 2.92. The predicted molar refractivity (Wildman–Crippen MR) is 73.5 cm³/mol. The lowest BCUT2D eigenvalue weighted by Gasteiger charge is -2.19. The van der Waals surface area contributed by atoms with Gasteiger partial charge in [-0.3, -0.25) is 0 Å². The molecule has 2 N–H and O–H groups in total. The average Bonchev–Trinajstić information content (AvgIpc) is 2.70.